The molecule has 0 saturated carbocycles. The maximum Gasteiger partial charge on any atom is 0.0640 e. The van der Waals surface area contributed by atoms with Gasteiger partial charge in [0, 0.05) is 32.3 Å². The van der Waals surface area contributed by atoms with E-state index in [1.165, 1.54) is 80.4 Å². The summed E-state index contributed by atoms with van der Waals surface area (Å²) in [7, 11) is 0. The second-order valence-corrected chi connectivity index (χ2v) is 14.4. The van der Waals surface area contributed by atoms with Gasteiger partial charge in [0.05, 0.1) is 10.4 Å². The van der Waals surface area contributed by atoms with Crippen LogP contribution < -0.4 is 4.90 Å². The van der Waals surface area contributed by atoms with Gasteiger partial charge in [-0.2, -0.15) is 0 Å². The maximum absolute atomic E-state index is 2.47. The van der Waals surface area contributed by atoms with Gasteiger partial charge in [0.15, 0.2) is 0 Å². The van der Waals surface area contributed by atoms with Crippen LogP contribution in [0.3, 0.4) is 0 Å². The standard InChI is InChI=1S/C45H31NS/c1-45(2)39-27-29-25-31(46(30-13-4-3-5-14-30)40-21-12-20-37-34-17-10-11-22-41(34)47-44(37)40)24-23-28(29)26-38(39)42-35-18-8-6-15-32(35)33-16-7-9-19-36(33)43(42)45/h3-27H,1-2H3. The molecule has 1 aliphatic carbocycles. The summed E-state index contributed by atoms with van der Waals surface area (Å²) >= 11 is 1.88. The largest absolute Gasteiger partial charge is 0.309 e. The lowest BCUT2D eigenvalue weighted by atomic mass is 9.79. The van der Waals surface area contributed by atoms with Crippen LogP contribution in [0.25, 0.3) is 63.6 Å². The van der Waals surface area contributed by atoms with E-state index in [1.807, 2.05) is 11.3 Å². The van der Waals surface area contributed by atoms with Crippen molar-refractivity contribution in [1.82, 2.24) is 0 Å². The molecule has 0 unspecified atom stereocenters. The van der Waals surface area contributed by atoms with Crippen molar-refractivity contribution in [3.8, 4) is 11.1 Å². The summed E-state index contributed by atoms with van der Waals surface area (Å²) in [6, 6.07) is 56.1. The highest BCUT2D eigenvalue weighted by Crippen LogP contribution is 2.55. The molecule has 1 aromatic heterocycles. The number of para-hydroxylation sites is 1. The van der Waals surface area contributed by atoms with Crippen molar-refractivity contribution in [2.45, 2.75) is 19.3 Å². The van der Waals surface area contributed by atoms with Crippen LogP contribution in [0.15, 0.2) is 152 Å². The number of anilines is 3. The van der Waals surface area contributed by atoms with Crippen LogP contribution in [0.4, 0.5) is 17.1 Å². The third-order valence-corrected chi connectivity index (χ3v) is 11.6. The molecule has 0 N–H and O–H groups in total. The van der Waals surface area contributed by atoms with Crippen LogP contribution in [0.1, 0.15) is 25.0 Å². The van der Waals surface area contributed by atoms with Gasteiger partial charge in [0.1, 0.15) is 0 Å². The molecule has 9 aromatic rings. The smallest absolute Gasteiger partial charge is 0.0640 e. The Labute approximate surface area is 278 Å². The molecule has 0 bridgehead atoms. The van der Waals surface area contributed by atoms with Crippen LogP contribution in [-0.4, -0.2) is 0 Å². The zero-order chi connectivity index (χ0) is 31.3. The van der Waals surface area contributed by atoms with E-state index in [-0.39, 0.29) is 5.41 Å². The highest BCUT2D eigenvalue weighted by molar-refractivity contribution is 7.26. The van der Waals surface area contributed by atoms with Crippen LogP contribution >= 0.6 is 11.3 Å². The van der Waals surface area contributed by atoms with E-state index in [0.29, 0.717) is 0 Å². The number of rotatable bonds is 3. The molecule has 222 valence electrons. The minimum Gasteiger partial charge on any atom is -0.309 e. The minimum absolute atomic E-state index is 0.139. The summed E-state index contributed by atoms with van der Waals surface area (Å²) in [4.78, 5) is 2.44. The quantitative estimate of drug-likeness (QED) is 0.178. The molecule has 10 rings (SSSR count). The molecule has 1 nitrogen and oxygen atoms in total. The summed E-state index contributed by atoms with van der Waals surface area (Å²) < 4.78 is 2.63. The number of nitrogens with zero attached hydrogens (tertiary/aromatic N) is 1. The van der Waals surface area contributed by atoms with Crippen molar-refractivity contribution in [2.24, 2.45) is 0 Å². The molecule has 47 heavy (non-hydrogen) atoms. The van der Waals surface area contributed by atoms with E-state index in [9.17, 15) is 0 Å². The molecule has 1 aliphatic rings. The molecule has 0 amide bonds. The van der Waals surface area contributed by atoms with Gasteiger partial charge in [0.2, 0.25) is 0 Å². The Hall–Kier alpha value is -5.44. The molecule has 0 fully saturated rings. The third-order valence-electron chi connectivity index (χ3n) is 10.4. The van der Waals surface area contributed by atoms with Gasteiger partial charge in [-0.3, -0.25) is 0 Å². The first kappa shape index (κ1) is 26.7. The predicted octanol–water partition coefficient (Wildman–Crippen LogP) is 13.3. The third kappa shape index (κ3) is 3.77. The summed E-state index contributed by atoms with van der Waals surface area (Å²) in [5.41, 5.74) is 8.99. The second-order valence-electron chi connectivity index (χ2n) is 13.3. The second kappa shape index (κ2) is 9.78. The first-order valence-corrected chi connectivity index (χ1v) is 17.2. The van der Waals surface area contributed by atoms with E-state index < -0.39 is 0 Å². The molecule has 0 spiro atoms. The van der Waals surface area contributed by atoms with E-state index in [0.717, 1.165) is 11.4 Å². The minimum atomic E-state index is -0.139. The fraction of sp³-hybridized carbons (Fsp3) is 0.0667. The summed E-state index contributed by atoms with van der Waals surface area (Å²) in [5, 5.41) is 10.5. The fourth-order valence-electron chi connectivity index (χ4n) is 8.27. The Morgan fingerprint density at radius 3 is 1.96 bits per heavy atom. The van der Waals surface area contributed by atoms with Gasteiger partial charge in [-0.25, -0.2) is 0 Å². The van der Waals surface area contributed by atoms with Gasteiger partial charge in [-0.1, -0.05) is 117 Å². The number of hydrogen-bond acceptors (Lipinski definition) is 2. The summed E-state index contributed by atoms with van der Waals surface area (Å²) in [6.45, 7) is 4.82. The van der Waals surface area contributed by atoms with Crippen LogP contribution in [0.5, 0.6) is 0 Å². The average Bonchev–Trinajstić information content (AvgIpc) is 3.61. The Morgan fingerprint density at radius 1 is 0.489 bits per heavy atom. The monoisotopic (exact) mass is 617 g/mol. The topological polar surface area (TPSA) is 3.24 Å². The zero-order valence-electron chi connectivity index (χ0n) is 26.3. The summed E-state index contributed by atoms with van der Waals surface area (Å²) in [5.74, 6) is 0. The normalized spacial score (nSPS) is 13.5. The SMILES string of the molecule is CC1(C)c2cc3cc(N(c4ccccc4)c4cccc5c4sc4ccccc45)ccc3cc2-c2c1c1ccccc1c1ccccc21. The van der Waals surface area contributed by atoms with Gasteiger partial charge < -0.3 is 4.90 Å². The first-order valence-electron chi connectivity index (χ1n) is 16.4. The molecule has 0 atom stereocenters. The van der Waals surface area contributed by atoms with E-state index in [2.05, 4.69) is 170 Å². The highest BCUT2D eigenvalue weighted by atomic mass is 32.1. The van der Waals surface area contributed by atoms with Crippen molar-refractivity contribution in [3.63, 3.8) is 0 Å². The van der Waals surface area contributed by atoms with E-state index >= 15 is 0 Å². The van der Waals surface area contributed by atoms with Crippen LogP contribution in [0.2, 0.25) is 0 Å². The molecule has 0 radical (unpaired) electrons. The van der Waals surface area contributed by atoms with Gasteiger partial charge in [-0.15, -0.1) is 11.3 Å². The van der Waals surface area contributed by atoms with Gasteiger partial charge in [-0.05, 0) is 103 Å². The number of fused-ring (bicyclic) bond motifs is 12. The molecule has 0 aliphatic heterocycles. The first-order chi connectivity index (χ1) is 23.1. The van der Waals surface area contributed by atoms with Gasteiger partial charge >= 0.3 is 0 Å². The molecule has 0 saturated heterocycles. The Kier molecular flexibility index (Phi) is 5.57. The molecule has 2 heteroatoms. The molecule has 1 heterocycles. The van der Waals surface area contributed by atoms with E-state index in [1.54, 1.807) is 0 Å². The van der Waals surface area contributed by atoms with Crippen LogP contribution in [0, 0.1) is 0 Å². The molecule has 8 aromatic carbocycles. The van der Waals surface area contributed by atoms with Crippen molar-refractivity contribution in [1.29, 1.82) is 0 Å². The Balaban J connectivity index is 1.22. The predicted molar refractivity (Wildman–Crippen MR) is 204 cm³/mol. The fourth-order valence-corrected chi connectivity index (χ4v) is 9.47. The van der Waals surface area contributed by atoms with Crippen molar-refractivity contribution in [2.75, 3.05) is 4.90 Å². The lowest BCUT2D eigenvalue weighted by Gasteiger charge is -2.27. The highest BCUT2D eigenvalue weighted by Gasteiger charge is 2.38. The van der Waals surface area contributed by atoms with E-state index in [4.69, 9.17) is 0 Å². The Morgan fingerprint density at radius 2 is 1.15 bits per heavy atom. The Bertz CT molecular complexity index is 2720. The molecular weight excluding hydrogens is 587 g/mol. The average molecular weight is 618 g/mol. The number of hydrogen-bond donors (Lipinski definition) is 0. The van der Waals surface area contributed by atoms with Gasteiger partial charge in [0.25, 0.3) is 0 Å². The lowest BCUT2D eigenvalue weighted by Crippen LogP contribution is -2.15. The maximum atomic E-state index is 2.47. The zero-order valence-corrected chi connectivity index (χ0v) is 27.1. The van der Waals surface area contributed by atoms with Crippen LogP contribution in [-0.2, 0) is 5.41 Å². The lowest BCUT2D eigenvalue weighted by molar-refractivity contribution is 0.667. The van der Waals surface area contributed by atoms with Crippen molar-refractivity contribution in [3.05, 3.63) is 163 Å². The number of thiophene rings is 1. The summed E-state index contributed by atoms with van der Waals surface area (Å²) in [6.07, 6.45) is 0. The molecular formula is C45H31NS. The van der Waals surface area contributed by atoms with Crippen molar-refractivity contribution >= 4 is 80.9 Å². The van der Waals surface area contributed by atoms with Crippen molar-refractivity contribution < 1.29 is 0 Å². The number of benzene rings is 8.